The van der Waals surface area contributed by atoms with E-state index in [0.29, 0.717) is 12.5 Å². The van der Waals surface area contributed by atoms with Gasteiger partial charge in [-0.15, -0.1) is 0 Å². The van der Waals surface area contributed by atoms with Crippen molar-refractivity contribution < 1.29 is 9.53 Å². The number of hydrogen-bond acceptors (Lipinski definition) is 3. The van der Waals surface area contributed by atoms with Crippen molar-refractivity contribution in [1.82, 2.24) is 5.32 Å². The zero-order valence-corrected chi connectivity index (χ0v) is 15.5. The molecule has 2 aromatic rings. The van der Waals surface area contributed by atoms with E-state index >= 15 is 0 Å². The van der Waals surface area contributed by atoms with Gasteiger partial charge < -0.3 is 15.4 Å². The molecule has 1 amide bonds. The van der Waals surface area contributed by atoms with Crippen molar-refractivity contribution >= 4 is 11.6 Å². The Kier molecular flexibility index (Phi) is 6.87. The van der Waals surface area contributed by atoms with Crippen LogP contribution in [-0.2, 0) is 4.79 Å². The molecular formula is C21H28N2O2. The topological polar surface area (TPSA) is 50.4 Å². The number of carbonyl (C=O) groups is 1. The minimum Gasteiger partial charge on any atom is -0.484 e. The Morgan fingerprint density at radius 3 is 2.40 bits per heavy atom. The van der Waals surface area contributed by atoms with E-state index in [-0.39, 0.29) is 18.6 Å². The van der Waals surface area contributed by atoms with Crippen molar-refractivity contribution in [2.75, 3.05) is 18.5 Å². The van der Waals surface area contributed by atoms with Crippen LogP contribution in [0.25, 0.3) is 0 Å². The third-order valence-corrected chi connectivity index (χ3v) is 4.30. The lowest BCUT2D eigenvalue weighted by atomic mass is 10.0. The van der Waals surface area contributed by atoms with E-state index in [1.807, 2.05) is 55.5 Å². The predicted octanol–water partition coefficient (Wildman–Crippen LogP) is 3.94. The summed E-state index contributed by atoms with van der Waals surface area (Å²) in [4.78, 5) is 12.1. The third-order valence-electron chi connectivity index (χ3n) is 4.30. The Morgan fingerprint density at radius 2 is 1.76 bits per heavy atom. The first kappa shape index (κ1) is 18.8. The summed E-state index contributed by atoms with van der Waals surface area (Å²) < 4.78 is 5.58. The van der Waals surface area contributed by atoms with Crippen molar-refractivity contribution in [2.45, 2.75) is 33.7 Å². The molecule has 0 saturated heterocycles. The average Bonchev–Trinajstić information content (AvgIpc) is 2.60. The molecule has 0 heterocycles. The molecule has 0 spiro atoms. The van der Waals surface area contributed by atoms with Crippen LogP contribution in [0.3, 0.4) is 0 Å². The van der Waals surface area contributed by atoms with Crippen molar-refractivity contribution in [3.63, 3.8) is 0 Å². The van der Waals surface area contributed by atoms with Crippen LogP contribution in [0.5, 0.6) is 5.75 Å². The molecule has 0 saturated carbocycles. The lowest BCUT2D eigenvalue weighted by Crippen LogP contribution is -2.41. The van der Waals surface area contributed by atoms with Gasteiger partial charge in [-0.25, -0.2) is 0 Å². The summed E-state index contributed by atoms with van der Waals surface area (Å²) >= 11 is 0. The fourth-order valence-electron chi connectivity index (χ4n) is 2.43. The smallest absolute Gasteiger partial charge is 0.258 e. The normalized spacial score (nSPS) is 11.9. The molecule has 0 aromatic heterocycles. The molecule has 0 aliphatic carbocycles. The highest BCUT2D eigenvalue weighted by molar-refractivity contribution is 5.77. The fourth-order valence-corrected chi connectivity index (χ4v) is 2.43. The molecule has 1 unspecified atom stereocenters. The monoisotopic (exact) mass is 340 g/mol. The molecule has 0 radical (unpaired) electrons. The van der Waals surface area contributed by atoms with Gasteiger partial charge in [0.25, 0.3) is 5.91 Å². The van der Waals surface area contributed by atoms with Crippen LogP contribution in [0.1, 0.15) is 25.0 Å². The maximum absolute atomic E-state index is 12.1. The number of rotatable bonds is 8. The predicted molar refractivity (Wildman–Crippen MR) is 103 cm³/mol. The number of benzene rings is 2. The van der Waals surface area contributed by atoms with Crippen molar-refractivity contribution in [1.29, 1.82) is 0 Å². The van der Waals surface area contributed by atoms with E-state index in [2.05, 4.69) is 31.4 Å². The highest BCUT2D eigenvalue weighted by Crippen LogP contribution is 2.16. The standard InChI is InChI=1S/C21H28N2O2/c1-15(2)20(23-18-8-6-5-7-9-18)13-22-21(24)14-25-19-11-10-16(3)17(4)12-19/h5-12,15,20,23H,13-14H2,1-4H3,(H,22,24). The fraction of sp³-hybridized carbons (Fsp3) is 0.381. The third kappa shape index (κ3) is 6.14. The van der Waals surface area contributed by atoms with Crippen molar-refractivity contribution in [2.24, 2.45) is 5.92 Å². The van der Waals surface area contributed by atoms with Crippen LogP contribution in [0.4, 0.5) is 5.69 Å². The van der Waals surface area contributed by atoms with Crippen LogP contribution < -0.4 is 15.4 Å². The molecule has 134 valence electrons. The Labute approximate surface area is 150 Å². The van der Waals surface area contributed by atoms with Gasteiger partial charge in [0.1, 0.15) is 5.75 Å². The molecule has 2 N–H and O–H groups in total. The lowest BCUT2D eigenvalue weighted by molar-refractivity contribution is -0.123. The maximum Gasteiger partial charge on any atom is 0.258 e. The number of anilines is 1. The van der Waals surface area contributed by atoms with Crippen molar-refractivity contribution in [3.8, 4) is 5.75 Å². The van der Waals surface area contributed by atoms with E-state index in [1.165, 1.54) is 5.56 Å². The number of amides is 1. The number of nitrogens with one attached hydrogen (secondary N) is 2. The Bertz CT molecular complexity index is 684. The minimum atomic E-state index is -0.112. The highest BCUT2D eigenvalue weighted by atomic mass is 16.5. The number of hydrogen-bond donors (Lipinski definition) is 2. The van der Waals surface area contributed by atoms with E-state index in [4.69, 9.17) is 4.74 Å². The number of ether oxygens (including phenoxy) is 1. The number of para-hydroxylation sites is 1. The van der Waals surface area contributed by atoms with Crippen molar-refractivity contribution in [3.05, 3.63) is 59.7 Å². The van der Waals surface area contributed by atoms with Gasteiger partial charge in [0.15, 0.2) is 6.61 Å². The van der Waals surface area contributed by atoms with Gasteiger partial charge in [-0.05, 0) is 55.2 Å². The average molecular weight is 340 g/mol. The summed E-state index contributed by atoms with van der Waals surface area (Å²) in [7, 11) is 0. The summed E-state index contributed by atoms with van der Waals surface area (Å²) in [6, 6.07) is 16.0. The molecule has 4 nitrogen and oxygen atoms in total. The first-order chi connectivity index (χ1) is 12.0. The van der Waals surface area contributed by atoms with E-state index in [0.717, 1.165) is 17.0 Å². The number of carbonyl (C=O) groups excluding carboxylic acids is 1. The SMILES string of the molecule is Cc1ccc(OCC(=O)NCC(Nc2ccccc2)C(C)C)cc1C. The van der Waals surface area contributed by atoms with E-state index in [1.54, 1.807) is 0 Å². The molecule has 0 bridgehead atoms. The molecule has 2 rings (SSSR count). The molecule has 0 fully saturated rings. The second-order valence-electron chi connectivity index (χ2n) is 6.70. The van der Waals surface area contributed by atoms with Crippen LogP contribution in [0.2, 0.25) is 0 Å². The Hall–Kier alpha value is -2.49. The van der Waals surface area contributed by atoms with E-state index in [9.17, 15) is 4.79 Å². The first-order valence-electron chi connectivity index (χ1n) is 8.74. The van der Waals surface area contributed by atoms with Crippen LogP contribution in [0, 0.1) is 19.8 Å². The molecule has 2 aromatic carbocycles. The van der Waals surface area contributed by atoms with Gasteiger partial charge in [0.2, 0.25) is 0 Å². The summed E-state index contributed by atoms with van der Waals surface area (Å²) in [5.74, 6) is 1.00. The zero-order chi connectivity index (χ0) is 18.2. The largest absolute Gasteiger partial charge is 0.484 e. The van der Waals surface area contributed by atoms with Gasteiger partial charge in [-0.2, -0.15) is 0 Å². The van der Waals surface area contributed by atoms with Gasteiger partial charge in [-0.3, -0.25) is 4.79 Å². The van der Waals surface area contributed by atoms with Gasteiger partial charge >= 0.3 is 0 Å². The molecular weight excluding hydrogens is 312 g/mol. The second-order valence-corrected chi connectivity index (χ2v) is 6.70. The van der Waals surface area contributed by atoms with Crippen LogP contribution in [0.15, 0.2) is 48.5 Å². The molecule has 4 heteroatoms. The summed E-state index contributed by atoms with van der Waals surface area (Å²) in [6.45, 7) is 8.94. The lowest BCUT2D eigenvalue weighted by Gasteiger charge is -2.24. The second kappa shape index (κ2) is 9.11. The van der Waals surface area contributed by atoms with Crippen LogP contribution >= 0.6 is 0 Å². The van der Waals surface area contributed by atoms with Crippen LogP contribution in [-0.4, -0.2) is 25.1 Å². The summed E-state index contributed by atoms with van der Waals surface area (Å²) in [6.07, 6.45) is 0. The first-order valence-corrected chi connectivity index (χ1v) is 8.74. The Morgan fingerprint density at radius 1 is 1.04 bits per heavy atom. The molecule has 1 atom stereocenters. The number of aryl methyl sites for hydroxylation is 2. The Balaban J connectivity index is 1.81. The molecule has 25 heavy (non-hydrogen) atoms. The highest BCUT2D eigenvalue weighted by Gasteiger charge is 2.14. The van der Waals surface area contributed by atoms with Gasteiger partial charge in [0.05, 0.1) is 0 Å². The maximum atomic E-state index is 12.1. The summed E-state index contributed by atoms with van der Waals surface area (Å²) in [5.41, 5.74) is 3.43. The minimum absolute atomic E-state index is 0.0264. The summed E-state index contributed by atoms with van der Waals surface area (Å²) in [5, 5.41) is 6.42. The quantitative estimate of drug-likeness (QED) is 0.765. The van der Waals surface area contributed by atoms with Gasteiger partial charge in [-0.1, -0.05) is 38.1 Å². The zero-order valence-electron chi connectivity index (χ0n) is 15.5. The van der Waals surface area contributed by atoms with E-state index < -0.39 is 0 Å². The van der Waals surface area contributed by atoms with Gasteiger partial charge in [0, 0.05) is 18.3 Å². The molecule has 0 aliphatic heterocycles. The molecule has 0 aliphatic rings.